The fourth-order valence-electron chi connectivity index (χ4n) is 5.03. The number of nitrogens with one attached hydrogen (secondary N) is 2. The number of amides is 2. The minimum absolute atomic E-state index is 0.138. The number of morpholine rings is 1. The zero-order valence-electron chi connectivity index (χ0n) is 20.5. The van der Waals surface area contributed by atoms with Crippen LogP contribution >= 0.6 is 0 Å². The van der Waals surface area contributed by atoms with Gasteiger partial charge in [0.05, 0.1) is 13.2 Å². The topological polar surface area (TPSA) is 69.7 Å². The van der Waals surface area contributed by atoms with Gasteiger partial charge in [0.1, 0.15) is 0 Å². The number of unbranched alkanes of at least 4 members (excludes halogenated alkanes) is 4. The summed E-state index contributed by atoms with van der Waals surface area (Å²) in [6.45, 7) is 8.45. The Labute approximate surface area is 200 Å². The molecule has 1 saturated carbocycles. The summed E-state index contributed by atoms with van der Waals surface area (Å²) in [5.41, 5.74) is 0.773. The van der Waals surface area contributed by atoms with E-state index in [0.717, 1.165) is 51.0 Å². The van der Waals surface area contributed by atoms with Gasteiger partial charge in [-0.15, -0.1) is 0 Å². The van der Waals surface area contributed by atoms with Gasteiger partial charge >= 0.3 is 6.03 Å². The molecular weight excluding hydrogens is 414 g/mol. The molecule has 2 heterocycles. The van der Waals surface area contributed by atoms with Crippen LogP contribution in [0.1, 0.15) is 70.6 Å². The van der Waals surface area contributed by atoms with Gasteiger partial charge in [-0.1, -0.05) is 38.5 Å². The molecule has 0 aromatic carbocycles. The van der Waals surface area contributed by atoms with E-state index in [1.54, 1.807) is 24.5 Å². The third kappa shape index (κ3) is 10.8. The van der Waals surface area contributed by atoms with Gasteiger partial charge in [-0.2, -0.15) is 0 Å². The number of nitrogens with zero attached hydrogens (tertiary/aromatic N) is 3. The lowest BCUT2D eigenvalue weighted by atomic mass is 9.93. The first-order chi connectivity index (χ1) is 16.3. The summed E-state index contributed by atoms with van der Waals surface area (Å²) in [5.74, 6) is 0. The van der Waals surface area contributed by atoms with Crippen LogP contribution in [0.15, 0.2) is 24.5 Å². The van der Waals surface area contributed by atoms with Crippen molar-refractivity contribution in [1.29, 1.82) is 0 Å². The third-order valence-electron chi connectivity index (χ3n) is 6.96. The summed E-state index contributed by atoms with van der Waals surface area (Å²) in [6, 6.07) is 4.26. The zero-order chi connectivity index (χ0) is 23.0. The quantitative estimate of drug-likeness (QED) is 0.401. The average Bonchev–Trinajstić information content (AvgIpc) is 2.86. The van der Waals surface area contributed by atoms with Crippen LogP contribution < -0.4 is 10.6 Å². The van der Waals surface area contributed by atoms with E-state index < -0.39 is 0 Å². The Hall–Kier alpha value is -1.70. The Balaban J connectivity index is 1.23. The Morgan fingerprint density at radius 1 is 0.970 bits per heavy atom. The summed E-state index contributed by atoms with van der Waals surface area (Å²) in [4.78, 5) is 21.2. The molecule has 2 amide bonds. The second kappa shape index (κ2) is 16.0. The monoisotopic (exact) mass is 459 g/mol. The first-order valence-corrected chi connectivity index (χ1v) is 13.3. The highest BCUT2D eigenvalue weighted by Gasteiger charge is 2.21. The normalized spacial score (nSPS) is 17.8. The number of aromatic nitrogens is 1. The molecule has 7 heteroatoms. The average molecular weight is 460 g/mol. The highest BCUT2D eigenvalue weighted by atomic mass is 16.5. The molecule has 0 bridgehead atoms. The van der Waals surface area contributed by atoms with E-state index in [9.17, 15) is 4.79 Å². The van der Waals surface area contributed by atoms with Crippen LogP contribution in [0.5, 0.6) is 0 Å². The van der Waals surface area contributed by atoms with Crippen molar-refractivity contribution in [2.45, 2.75) is 76.7 Å². The van der Waals surface area contributed by atoms with Crippen molar-refractivity contribution in [3.05, 3.63) is 24.5 Å². The lowest BCUT2D eigenvalue weighted by Crippen LogP contribution is -2.41. The number of ether oxygens (including phenoxy) is 1. The van der Waals surface area contributed by atoms with Gasteiger partial charge in [-0.3, -0.25) is 9.88 Å². The summed E-state index contributed by atoms with van der Waals surface area (Å²) in [5, 5.41) is 5.77. The van der Waals surface area contributed by atoms with Crippen LogP contribution in [0.4, 0.5) is 10.5 Å². The molecule has 1 aromatic heterocycles. The van der Waals surface area contributed by atoms with E-state index >= 15 is 0 Å². The molecule has 186 valence electrons. The van der Waals surface area contributed by atoms with E-state index in [-0.39, 0.29) is 6.03 Å². The van der Waals surface area contributed by atoms with Crippen LogP contribution in [-0.2, 0) is 4.74 Å². The molecule has 1 saturated heterocycles. The molecule has 1 aromatic rings. The molecular formula is C26H45N5O2. The van der Waals surface area contributed by atoms with Crippen LogP contribution in [0.3, 0.4) is 0 Å². The summed E-state index contributed by atoms with van der Waals surface area (Å²) in [7, 11) is 0. The molecule has 1 aliphatic heterocycles. The van der Waals surface area contributed by atoms with Gasteiger partial charge in [0.25, 0.3) is 0 Å². The van der Waals surface area contributed by atoms with E-state index in [0.29, 0.717) is 0 Å². The van der Waals surface area contributed by atoms with Crippen LogP contribution in [-0.4, -0.2) is 79.3 Å². The smallest absolute Gasteiger partial charge is 0.319 e. The largest absolute Gasteiger partial charge is 0.379 e. The Morgan fingerprint density at radius 2 is 1.67 bits per heavy atom. The van der Waals surface area contributed by atoms with Crippen LogP contribution in [0, 0.1) is 0 Å². The van der Waals surface area contributed by atoms with Crippen LogP contribution in [0.2, 0.25) is 0 Å². The maximum atomic E-state index is 11.9. The molecule has 0 unspecified atom stereocenters. The number of rotatable bonds is 14. The summed E-state index contributed by atoms with van der Waals surface area (Å²) >= 11 is 0. The van der Waals surface area contributed by atoms with Gasteiger partial charge in [0, 0.05) is 43.8 Å². The number of urea groups is 1. The minimum Gasteiger partial charge on any atom is -0.379 e. The fraction of sp³-hybridized carbons (Fsp3) is 0.769. The van der Waals surface area contributed by atoms with Crippen molar-refractivity contribution >= 4 is 11.7 Å². The lowest BCUT2D eigenvalue weighted by Gasteiger charge is -2.35. The van der Waals surface area contributed by atoms with Crippen LogP contribution in [0.25, 0.3) is 0 Å². The molecule has 0 spiro atoms. The van der Waals surface area contributed by atoms with Gasteiger partial charge in [0.2, 0.25) is 0 Å². The molecule has 3 rings (SSSR count). The molecule has 0 radical (unpaired) electrons. The van der Waals surface area contributed by atoms with E-state index in [1.807, 2.05) is 0 Å². The van der Waals surface area contributed by atoms with Crippen molar-refractivity contribution in [3.63, 3.8) is 0 Å². The van der Waals surface area contributed by atoms with E-state index in [2.05, 4.69) is 25.4 Å². The summed E-state index contributed by atoms with van der Waals surface area (Å²) < 4.78 is 5.48. The Kier molecular flexibility index (Phi) is 12.6. The number of pyridine rings is 1. The van der Waals surface area contributed by atoms with Crippen molar-refractivity contribution in [1.82, 2.24) is 20.1 Å². The molecule has 0 atom stereocenters. The first kappa shape index (κ1) is 25.9. The van der Waals surface area contributed by atoms with Gasteiger partial charge in [0.15, 0.2) is 0 Å². The standard InChI is InChI=1S/C26H45N5O2/c32-26(29-24-12-15-27-16-13-24)28-14-7-2-1-3-8-18-31(25-10-5-4-6-11-25)19-9-17-30-20-22-33-23-21-30/h12-13,15-16,25H,1-11,14,17-23H2,(H2,27,28,29,32). The highest BCUT2D eigenvalue weighted by molar-refractivity contribution is 5.88. The number of hydrogen-bond acceptors (Lipinski definition) is 5. The number of carbonyl (C=O) groups excluding carboxylic acids is 1. The van der Waals surface area contributed by atoms with Crippen molar-refractivity contribution in [2.24, 2.45) is 0 Å². The fourth-order valence-corrected chi connectivity index (χ4v) is 5.03. The molecule has 2 N–H and O–H groups in total. The first-order valence-electron chi connectivity index (χ1n) is 13.3. The Bertz CT molecular complexity index is 633. The van der Waals surface area contributed by atoms with E-state index in [1.165, 1.54) is 83.8 Å². The maximum absolute atomic E-state index is 11.9. The summed E-state index contributed by atoms with van der Waals surface area (Å²) in [6.07, 6.45) is 17.7. The van der Waals surface area contributed by atoms with Crippen molar-refractivity contribution in [3.8, 4) is 0 Å². The number of carbonyl (C=O) groups is 1. The third-order valence-corrected chi connectivity index (χ3v) is 6.96. The predicted molar refractivity (Wildman–Crippen MR) is 135 cm³/mol. The SMILES string of the molecule is O=C(NCCCCCCCN(CCCN1CCOCC1)C1CCCCC1)Nc1ccncc1. The second-order valence-electron chi connectivity index (χ2n) is 9.52. The molecule has 33 heavy (non-hydrogen) atoms. The Morgan fingerprint density at radius 3 is 2.45 bits per heavy atom. The van der Waals surface area contributed by atoms with Gasteiger partial charge in [-0.25, -0.2) is 4.79 Å². The minimum atomic E-state index is -0.138. The second-order valence-corrected chi connectivity index (χ2v) is 9.52. The molecule has 2 fully saturated rings. The van der Waals surface area contributed by atoms with Crippen molar-refractivity contribution in [2.75, 3.05) is 57.8 Å². The molecule has 7 nitrogen and oxygen atoms in total. The lowest BCUT2D eigenvalue weighted by molar-refractivity contribution is 0.0348. The van der Waals surface area contributed by atoms with Gasteiger partial charge < -0.3 is 20.3 Å². The zero-order valence-corrected chi connectivity index (χ0v) is 20.5. The number of hydrogen-bond donors (Lipinski definition) is 2. The molecule has 2 aliphatic rings. The van der Waals surface area contributed by atoms with Gasteiger partial charge in [-0.05, 0) is 63.9 Å². The predicted octanol–water partition coefficient (Wildman–Crippen LogP) is 4.51. The molecule has 1 aliphatic carbocycles. The maximum Gasteiger partial charge on any atom is 0.319 e. The van der Waals surface area contributed by atoms with Crippen molar-refractivity contribution < 1.29 is 9.53 Å². The van der Waals surface area contributed by atoms with E-state index in [4.69, 9.17) is 4.74 Å². The number of anilines is 1. The highest BCUT2D eigenvalue weighted by Crippen LogP contribution is 2.23.